The highest BCUT2D eigenvalue weighted by molar-refractivity contribution is 6.11. The molecule has 3 atom stereocenters. The summed E-state index contributed by atoms with van der Waals surface area (Å²) in [5.74, 6) is -4.56. The number of likely N-dealkylation sites (N-methyl/N-ethyl adjacent to an activating group) is 1. The molecule has 1 saturated heterocycles. The van der Waals surface area contributed by atoms with Gasteiger partial charge in [-0.15, -0.1) is 0 Å². The Kier molecular flexibility index (Phi) is 7.13. The molecule has 1 aromatic heterocycles. The SMILES string of the molecule is Cc1cc(-c2cc(NC(=O)C3C=NC(=O)C=C3C(F)(F)F)c(N3C[C@@H](C)N(C)[C@@H](C)C3)cc2F)cnn1. The Labute approximate surface area is 211 Å². The van der Waals surface area contributed by atoms with Crippen molar-refractivity contribution >= 4 is 29.4 Å². The second kappa shape index (κ2) is 10.0. The molecule has 2 amide bonds. The van der Waals surface area contributed by atoms with Gasteiger partial charge in [-0.3, -0.25) is 14.5 Å². The molecule has 37 heavy (non-hydrogen) atoms. The number of benzene rings is 1. The molecule has 0 bridgehead atoms. The molecule has 8 nitrogen and oxygen atoms in total. The first kappa shape index (κ1) is 26.4. The largest absolute Gasteiger partial charge is 0.414 e. The van der Waals surface area contributed by atoms with E-state index in [1.807, 2.05) is 25.8 Å². The van der Waals surface area contributed by atoms with E-state index < -0.39 is 35.3 Å². The molecule has 0 saturated carbocycles. The number of anilines is 2. The Morgan fingerprint density at radius 2 is 1.81 bits per heavy atom. The van der Waals surface area contributed by atoms with Crippen molar-refractivity contribution in [3.63, 3.8) is 0 Å². The van der Waals surface area contributed by atoms with Crippen molar-refractivity contribution in [1.82, 2.24) is 15.1 Å². The summed E-state index contributed by atoms with van der Waals surface area (Å²) < 4.78 is 56.2. The molecule has 4 rings (SSSR count). The van der Waals surface area contributed by atoms with Crippen LogP contribution in [0.4, 0.5) is 28.9 Å². The van der Waals surface area contributed by atoms with E-state index in [1.54, 1.807) is 13.0 Å². The van der Waals surface area contributed by atoms with Crippen molar-refractivity contribution in [2.75, 3.05) is 30.4 Å². The van der Waals surface area contributed by atoms with E-state index in [9.17, 15) is 22.8 Å². The van der Waals surface area contributed by atoms with Crippen molar-refractivity contribution in [1.29, 1.82) is 0 Å². The third-order valence-corrected chi connectivity index (χ3v) is 6.71. The fourth-order valence-electron chi connectivity index (χ4n) is 4.53. The van der Waals surface area contributed by atoms with Gasteiger partial charge in [0, 0.05) is 48.6 Å². The average Bonchev–Trinajstić information content (AvgIpc) is 2.82. The van der Waals surface area contributed by atoms with E-state index in [-0.39, 0.29) is 23.3 Å². The van der Waals surface area contributed by atoms with Crippen molar-refractivity contribution in [3.8, 4) is 11.1 Å². The van der Waals surface area contributed by atoms with E-state index >= 15 is 4.39 Å². The average molecular weight is 519 g/mol. The zero-order valence-corrected chi connectivity index (χ0v) is 20.7. The number of dihydropyridines is 1. The van der Waals surface area contributed by atoms with Gasteiger partial charge in [-0.1, -0.05) is 0 Å². The number of carbonyl (C=O) groups is 2. The lowest BCUT2D eigenvalue weighted by Gasteiger charge is -2.44. The minimum atomic E-state index is -4.91. The number of halogens is 4. The lowest BCUT2D eigenvalue weighted by atomic mass is 9.95. The number of nitrogens with zero attached hydrogens (tertiary/aromatic N) is 5. The number of aryl methyl sites for hydroxylation is 1. The molecule has 12 heteroatoms. The van der Waals surface area contributed by atoms with Gasteiger partial charge in [0.25, 0.3) is 5.91 Å². The number of alkyl halides is 3. The third-order valence-electron chi connectivity index (χ3n) is 6.71. The van der Waals surface area contributed by atoms with Gasteiger partial charge in [0.1, 0.15) is 11.7 Å². The lowest BCUT2D eigenvalue weighted by Crippen LogP contribution is -2.55. The summed E-state index contributed by atoms with van der Waals surface area (Å²) in [5, 5.41) is 10.3. The number of aromatic nitrogens is 2. The molecule has 2 aliphatic rings. The summed E-state index contributed by atoms with van der Waals surface area (Å²) in [6.07, 6.45) is -2.55. The second-order valence-corrected chi connectivity index (χ2v) is 9.38. The predicted octanol–water partition coefficient (Wildman–Crippen LogP) is 3.77. The maximum atomic E-state index is 15.4. The van der Waals surface area contributed by atoms with Crippen molar-refractivity contribution in [2.24, 2.45) is 10.9 Å². The van der Waals surface area contributed by atoms with Crippen LogP contribution in [0.15, 0.2) is 41.0 Å². The van der Waals surface area contributed by atoms with E-state index in [4.69, 9.17) is 0 Å². The smallest absolute Gasteiger partial charge is 0.367 e. The van der Waals surface area contributed by atoms with Crippen molar-refractivity contribution in [2.45, 2.75) is 39.0 Å². The molecule has 2 aliphatic heterocycles. The number of amides is 2. The maximum Gasteiger partial charge on any atom is 0.414 e. The van der Waals surface area contributed by atoms with Crippen molar-refractivity contribution in [3.05, 3.63) is 47.6 Å². The van der Waals surface area contributed by atoms with Crippen LogP contribution < -0.4 is 10.2 Å². The zero-order valence-electron chi connectivity index (χ0n) is 20.7. The second-order valence-electron chi connectivity index (χ2n) is 9.38. The van der Waals surface area contributed by atoms with Gasteiger partial charge in [0.2, 0.25) is 5.91 Å². The van der Waals surface area contributed by atoms with Crippen LogP contribution in [0.25, 0.3) is 11.1 Å². The van der Waals surface area contributed by atoms with E-state index in [2.05, 4.69) is 25.4 Å². The van der Waals surface area contributed by atoms with Crippen LogP contribution in [0.3, 0.4) is 0 Å². The van der Waals surface area contributed by atoms with Crippen LogP contribution in [0.1, 0.15) is 19.5 Å². The highest BCUT2D eigenvalue weighted by Gasteiger charge is 2.43. The Bertz CT molecular complexity index is 1280. The summed E-state index contributed by atoms with van der Waals surface area (Å²) >= 11 is 0. The number of carbonyl (C=O) groups excluding carboxylic acids is 2. The summed E-state index contributed by atoms with van der Waals surface area (Å²) in [5.41, 5.74) is 0.188. The Balaban J connectivity index is 1.77. The first-order valence-electron chi connectivity index (χ1n) is 11.6. The van der Waals surface area contributed by atoms with Gasteiger partial charge in [0.05, 0.1) is 28.8 Å². The normalized spacial score (nSPS) is 22.7. The summed E-state index contributed by atoms with van der Waals surface area (Å²) in [6.45, 7) is 6.71. The number of aliphatic imine (C=N–C) groups is 1. The van der Waals surface area contributed by atoms with Gasteiger partial charge in [-0.05, 0) is 46.0 Å². The predicted molar refractivity (Wildman–Crippen MR) is 131 cm³/mol. The molecule has 1 N–H and O–H groups in total. The summed E-state index contributed by atoms with van der Waals surface area (Å²) in [6, 6.07) is 4.46. The highest BCUT2D eigenvalue weighted by Crippen LogP contribution is 2.38. The van der Waals surface area contributed by atoms with Gasteiger partial charge >= 0.3 is 6.18 Å². The first-order chi connectivity index (χ1) is 17.3. The van der Waals surface area contributed by atoms with E-state index in [0.29, 0.717) is 42.3 Å². The van der Waals surface area contributed by atoms with E-state index in [0.717, 1.165) is 0 Å². The standard InChI is InChI=1S/C25H26F4N6O2/c1-13-5-16(9-31-33-13)17-6-21(22(8-20(17)26)35-11-14(2)34(4)15(3)12-35)32-24(37)18-10-30-23(36)7-19(18)25(27,28)29/h5-10,14-15,18H,11-12H2,1-4H3,(H,32,37)/t14-,15+,18?. The third kappa shape index (κ3) is 5.53. The van der Waals surface area contributed by atoms with Gasteiger partial charge in [-0.2, -0.15) is 23.4 Å². The van der Waals surface area contributed by atoms with Crippen LogP contribution in [0, 0.1) is 18.7 Å². The lowest BCUT2D eigenvalue weighted by molar-refractivity contribution is -0.124. The Hall–Kier alpha value is -3.67. The molecule has 1 unspecified atom stereocenters. The van der Waals surface area contributed by atoms with E-state index in [1.165, 1.54) is 18.3 Å². The van der Waals surface area contributed by atoms with Crippen LogP contribution in [0.2, 0.25) is 0 Å². The minimum Gasteiger partial charge on any atom is -0.367 e. The molecule has 0 aliphatic carbocycles. The molecule has 196 valence electrons. The number of hydrogen-bond donors (Lipinski definition) is 1. The number of rotatable bonds is 4. The first-order valence-corrected chi connectivity index (χ1v) is 11.6. The molecule has 2 aromatic rings. The van der Waals surface area contributed by atoms with Crippen LogP contribution in [-0.4, -0.2) is 71.5 Å². The number of hydrogen-bond acceptors (Lipinski definition) is 6. The Morgan fingerprint density at radius 1 is 1.14 bits per heavy atom. The molecule has 1 aromatic carbocycles. The Morgan fingerprint density at radius 3 is 2.43 bits per heavy atom. The molecule has 3 heterocycles. The van der Waals surface area contributed by atoms with Gasteiger partial charge < -0.3 is 10.2 Å². The summed E-state index contributed by atoms with van der Waals surface area (Å²) in [7, 11) is 1.98. The molecular weight excluding hydrogens is 492 g/mol. The maximum absolute atomic E-state index is 15.4. The molecule has 0 spiro atoms. The van der Waals surface area contributed by atoms with Crippen LogP contribution in [0.5, 0.6) is 0 Å². The number of piperazine rings is 1. The zero-order chi connectivity index (χ0) is 27.1. The molecule has 0 radical (unpaired) electrons. The summed E-state index contributed by atoms with van der Waals surface area (Å²) in [4.78, 5) is 32.1. The van der Waals surface area contributed by atoms with Gasteiger partial charge in [-0.25, -0.2) is 9.38 Å². The van der Waals surface area contributed by atoms with Gasteiger partial charge in [0.15, 0.2) is 0 Å². The topological polar surface area (TPSA) is 90.8 Å². The monoisotopic (exact) mass is 518 g/mol. The minimum absolute atomic E-state index is 0.0957. The highest BCUT2D eigenvalue weighted by atomic mass is 19.4. The fraction of sp³-hybridized carbons (Fsp3) is 0.400. The van der Waals surface area contributed by atoms with Crippen molar-refractivity contribution < 1.29 is 27.2 Å². The molecule has 1 fully saturated rings. The number of nitrogens with one attached hydrogen (secondary N) is 1. The van der Waals surface area contributed by atoms with Crippen LogP contribution in [-0.2, 0) is 9.59 Å². The van der Waals surface area contributed by atoms with Crippen LogP contribution >= 0.6 is 0 Å². The fourth-order valence-corrected chi connectivity index (χ4v) is 4.53. The molecular formula is C25H26F4N6O2. The quantitative estimate of drug-likeness (QED) is 0.620.